The SMILES string of the molecule is O=[N+]([O-])c1ccc(CC(Cl)c2c(F)cccc2Cl)cc1. The summed E-state index contributed by atoms with van der Waals surface area (Å²) >= 11 is 12.1. The molecule has 0 heterocycles. The second-order valence-electron chi connectivity index (χ2n) is 4.23. The topological polar surface area (TPSA) is 43.1 Å². The van der Waals surface area contributed by atoms with Crippen molar-refractivity contribution in [2.24, 2.45) is 0 Å². The Balaban J connectivity index is 2.19. The molecule has 0 aliphatic carbocycles. The molecule has 0 fully saturated rings. The number of halogens is 3. The predicted octanol–water partition coefficient (Wildman–Crippen LogP) is 4.91. The maximum Gasteiger partial charge on any atom is 0.269 e. The Morgan fingerprint density at radius 2 is 1.85 bits per heavy atom. The summed E-state index contributed by atoms with van der Waals surface area (Å²) in [6.07, 6.45) is 0.334. The van der Waals surface area contributed by atoms with Gasteiger partial charge in [0.2, 0.25) is 0 Å². The van der Waals surface area contributed by atoms with Crippen molar-refractivity contribution in [2.75, 3.05) is 0 Å². The number of nitrogens with zero attached hydrogens (tertiary/aromatic N) is 1. The molecule has 0 saturated heterocycles. The normalized spacial score (nSPS) is 12.2. The summed E-state index contributed by atoms with van der Waals surface area (Å²) in [6.45, 7) is 0. The van der Waals surface area contributed by atoms with Gasteiger partial charge < -0.3 is 0 Å². The summed E-state index contributed by atoms with van der Waals surface area (Å²) in [4.78, 5) is 10.1. The number of nitro benzene ring substituents is 1. The van der Waals surface area contributed by atoms with Gasteiger partial charge in [0.15, 0.2) is 0 Å². The highest BCUT2D eigenvalue weighted by Gasteiger charge is 2.17. The second kappa shape index (κ2) is 6.20. The minimum atomic E-state index is -0.634. The number of benzene rings is 2. The molecule has 0 aliphatic heterocycles. The summed E-state index contributed by atoms with van der Waals surface area (Å²) in [6, 6.07) is 10.4. The van der Waals surface area contributed by atoms with Gasteiger partial charge in [0.05, 0.1) is 10.3 Å². The molecule has 0 spiro atoms. The lowest BCUT2D eigenvalue weighted by atomic mass is 10.0. The fraction of sp³-hybridized carbons (Fsp3) is 0.143. The number of alkyl halides is 1. The minimum Gasteiger partial charge on any atom is -0.258 e. The van der Waals surface area contributed by atoms with Gasteiger partial charge in [0, 0.05) is 22.7 Å². The van der Waals surface area contributed by atoms with Crippen molar-refractivity contribution in [3.63, 3.8) is 0 Å². The van der Waals surface area contributed by atoms with E-state index in [-0.39, 0.29) is 16.3 Å². The number of non-ortho nitro benzene ring substituents is 1. The maximum absolute atomic E-state index is 13.7. The van der Waals surface area contributed by atoms with Crippen molar-refractivity contribution in [3.8, 4) is 0 Å². The van der Waals surface area contributed by atoms with Gasteiger partial charge in [0.1, 0.15) is 5.82 Å². The van der Waals surface area contributed by atoms with E-state index in [1.165, 1.54) is 24.3 Å². The molecule has 104 valence electrons. The average Bonchev–Trinajstić information content (AvgIpc) is 2.39. The van der Waals surface area contributed by atoms with Crippen molar-refractivity contribution in [3.05, 3.63) is 74.5 Å². The Hall–Kier alpha value is -1.65. The van der Waals surface area contributed by atoms with Crippen molar-refractivity contribution < 1.29 is 9.31 Å². The Morgan fingerprint density at radius 3 is 2.40 bits per heavy atom. The van der Waals surface area contributed by atoms with Gasteiger partial charge in [-0.05, 0) is 24.1 Å². The fourth-order valence-corrected chi connectivity index (χ4v) is 2.62. The van der Waals surface area contributed by atoms with Crippen LogP contribution in [0.25, 0.3) is 0 Å². The number of hydrogen-bond acceptors (Lipinski definition) is 2. The molecule has 1 unspecified atom stereocenters. The molecule has 0 bridgehead atoms. The molecule has 6 heteroatoms. The molecule has 2 aromatic carbocycles. The molecular weight excluding hydrogens is 304 g/mol. The lowest BCUT2D eigenvalue weighted by molar-refractivity contribution is -0.384. The van der Waals surface area contributed by atoms with E-state index in [9.17, 15) is 14.5 Å². The fourth-order valence-electron chi connectivity index (χ4n) is 1.87. The average molecular weight is 314 g/mol. The summed E-state index contributed by atoms with van der Waals surface area (Å²) in [5.41, 5.74) is 1.02. The van der Waals surface area contributed by atoms with Gasteiger partial charge in [-0.2, -0.15) is 0 Å². The molecule has 2 rings (SSSR count). The molecule has 0 saturated carbocycles. The van der Waals surface area contributed by atoms with E-state index in [1.807, 2.05) is 0 Å². The third-order valence-electron chi connectivity index (χ3n) is 2.88. The first-order chi connectivity index (χ1) is 9.49. The maximum atomic E-state index is 13.7. The van der Waals surface area contributed by atoms with Crippen LogP contribution in [0.15, 0.2) is 42.5 Å². The van der Waals surface area contributed by atoms with Gasteiger partial charge in [-0.15, -0.1) is 11.6 Å². The first kappa shape index (κ1) is 14.8. The van der Waals surface area contributed by atoms with Crippen LogP contribution >= 0.6 is 23.2 Å². The molecule has 3 nitrogen and oxygen atoms in total. The lowest BCUT2D eigenvalue weighted by Crippen LogP contribution is -2.00. The molecule has 0 aliphatic rings. The molecule has 2 aromatic rings. The van der Waals surface area contributed by atoms with Crippen LogP contribution in [0.1, 0.15) is 16.5 Å². The van der Waals surface area contributed by atoms with Crippen molar-refractivity contribution in [1.29, 1.82) is 0 Å². The van der Waals surface area contributed by atoms with Crippen LogP contribution in [-0.2, 0) is 6.42 Å². The van der Waals surface area contributed by atoms with Crippen LogP contribution in [-0.4, -0.2) is 4.92 Å². The highest BCUT2D eigenvalue weighted by atomic mass is 35.5. The Labute approximate surface area is 125 Å². The molecular formula is C14H10Cl2FNO2. The third kappa shape index (κ3) is 3.26. The van der Waals surface area contributed by atoms with Crippen molar-refractivity contribution in [1.82, 2.24) is 0 Å². The van der Waals surface area contributed by atoms with E-state index in [1.54, 1.807) is 18.2 Å². The largest absolute Gasteiger partial charge is 0.269 e. The zero-order valence-electron chi connectivity index (χ0n) is 10.2. The standard InChI is InChI=1S/C14H10Cl2FNO2/c15-11-2-1-3-13(17)14(11)12(16)8-9-4-6-10(7-5-9)18(19)20/h1-7,12H,8H2. The number of nitro groups is 1. The van der Waals surface area contributed by atoms with Crippen LogP contribution in [0.4, 0.5) is 10.1 Å². The summed E-state index contributed by atoms with van der Waals surface area (Å²) in [5, 5.41) is 10.2. The molecule has 0 radical (unpaired) electrons. The van der Waals surface area contributed by atoms with Crippen LogP contribution in [0.2, 0.25) is 5.02 Å². The van der Waals surface area contributed by atoms with Gasteiger partial charge in [-0.1, -0.05) is 29.8 Å². The van der Waals surface area contributed by atoms with E-state index in [2.05, 4.69) is 0 Å². The van der Waals surface area contributed by atoms with E-state index in [0.29, 0.717) is 6.42 Å². The van der Waals surface area contributed by atoms with E-state index in [0.717, 1.165) is 5.56 Å². The van der Waals surface area contributed by atoms with E-state index in [4.69, 9.17) is 23.2 Å². The summed E-state index contributed by atoms with van der Waals surface area (Å²) < 4.78 is 13.7. The first-order valence-electron chi connectivity index (χ1n) is 5.80. The Morgan fingerprint density at radius 1 is 1.20 bits per heavy atom. The molecule has 0 aromatic heterocycles. The second-order valence-corrected chi connectivity index (χ2v) is 5.16. The van der Waals surface area contributed by atoms with Crippen molar-refractivity contribution >= 4 is 28.9 Å². The zero-order valence-corrected chi connectivity index (χ0v) is 11.7. The molecule has 0 amide bonds. The summed E-state index contributed by atoms with van der Waals surface area (Å²) in [7, 11) is 0. The Bertz CT molecular complexity index is 611. The van der Waals surface area contributed by atoms with Crippen LogP contribution in [0.3, 0.4) is 0 Å². The van der Waals surface area contributed by atoms with Gasteiger partial charge in [-0.3, -0.25) is 10.1 Å². The van der Waals surface area contributed by atoms with Gasteiger partial charge in [-0.25, -0.2) is 4.39 Å². The number of hydrogen-bond donors (Lipinski definition) is 0. The smallest absolute Gasteiger partial charge is 0.258 e. The minimum absolute atomic E-state index is 0.00352. The molecule has 20 heavy (non-hydrogen) atoms. The van der Waals surface area contributed by atoms with Gasteiger partial charge in [0.25, 0.3) is 5.69 Å². The first-order valence-corrected chi connectivity index (χ1v) is 6.62. The predicted molar refractivity (Wildman–Crippen MR) is 76.8 cm³/mol. The van der Waals surface area contributed by atoms with Crippen LogP contribution in [0, 0.1) is 15.9 Å². The summed E-state index contributed by atoms with van der Waals surface area (Å²) in [5.74, 6) is -0.459. The number of rotatable bonds is 4. The molecule has 1 atom stereocenters. The van der Waals surface area contributed by atoms with Crippen molar-refractivity contribution in [2.45, 2.75) is 11.8 Å². The lowest BCUT2D eigenvalue weighted by Gasteiger charge is -2.12. The van der Waals surface area contributed by atoms with E-state index >= 15 is 0 Å². The van der Waals surface area contributed by atoms with Gasteiger partial charge >= 0.3 is 0 Å². The highest BCUT2D eigenvalue weighted by molar-refractivity contribution is 6.32. The monoisotopic (exact) mass is 313 g/mol. The quantitative estimate of drug-likeness (QED) is 0.457. The third-order valence-corrected chi connectivity index (χ3v) is 3.58. The van der Waals surface area contributed by atoms with Crippen LogP contribution in [0.5, 0.6) is 0 Å². The molecule has 0 N–H and O–H groups in total. The highest BCUT2D eigenvalue weighted by Crippen LogP contribution is 2.33. The zero-order chi connectivity index (χ0) is 14.7. The van der Waals surface area contributed by atoms with Crippen LogP contribution < -0.4 is 0 Å². The van der Waals surface area contributed by atoms with E-state index < -0.39 is 16.1 Å². The Kier molecular flexibility index (Phi) is 4.57.